The standard InChI is InChI=1S/C17H17FO3/c18-15-9-6-13(7-10-15)8-11-16(19)17(20)21-12-14-4-2-1-3-5-14/h1-7,9-10,16,19H,8,11-12H2/t16-/m1/s1. The summed E-state index contributed by atoms with van der Waals surface area (Å²) in [5, 5.41) is 9.76. The van der Waals surface area contributed by atoms with E-state index in [2.05, 4.69) is 0 Å². The molecule has 0 saturated carbocycles. The molecule has 2 rings (SSSR count). The summed E-state index contributed by atoms with van der Waals surface area (Å²) in [5.74, 6) is -0.942. The quantitative estimate of drug-likeness (QED) is 0.831. The summed E-state index contributed by atoms with van der Waals surface area (Å²) in [6, 6.07) is 15.3. The number of ether oxygens (including phenoxy) is 1. The lowest BCUT2D eigenvalue weighted by molar-refractivity contribution is -0.155. The lowest BCUT2D eigenvalue weighted by atomic mass is 10.1. The number of rotatable bonds is 6. The molecule has 0 saturated heterocycles. The Kier molecular flexibility index (Phi) is 5.46. The summed E-state index contributed by atoms with van der Waals surface area (Å²) in [4.78, 5) is 11.7. The average molecular weight is 288 g/mol. The number of esters is 1. The van der Waals surface area contributed by atoms with Crippen molar-refractivity contribution in [2.45, 2.75) is 25.6 Å². The summed E-state index contributed by atoms with van der Waals surface area (Å²) in [5.41, 5.74) is 1.74. The molecular formula is C17H17FO3. The number of aliphatic hydroxyl groups is 1. The molecule has 110 valence electrons. The summed E-state index contributed by atoms with van der Waals surface area (Å²) in [7, 11) is 0. The lowest BCUT2D eigenvalue weighted by Gasteiger charge is -2.10. The number of aliphatic hydroxyl groups excluding tert-OH is 1. The topological polar surface area (TPSA) is 46.5 Å². The van der Waals surface area contributed by atoms with Crippen molar-refractivity contribution in [1.82, 2.24) is 0 Å². The predicted octanol–water partition coefficient (Wildman–Crippen LogP) is 2.86. The Morgan fingerprint density at radius 1 is 1.05 bits per heavy atom. The molecule has 0 aliphatic carbocycles. The third-order valence-electron chi connectivity index (χ3n) is 3.12. The zero-order valence-corrected chi connectivity index (χ0v) is 11.5. The largest absolute Gasteiger partial charge is 0.459 e. The average Bonchev–Trinajstić information content (AvgIpc) is 2.52. The molecule has 3 nitrogen and oxygen atoms in total. The van der Waals surface area contributed by atoms with Crippen LogP contribution in [0.1, 0.15) is 17.5 Å². The fourth-order valence-corrected chi connectivity index (χ4v) is 1.90. The highest BCUT2D eigenvalue weighted by atomic mass is 19.1. The van der Waals surface area contributed by atoms with E-state index in [-0.39, 0.29) is 18.8 Å². The predicted molar refractivity (Wildman–Crippen MR) is 77.0 cm³/mol. The third kappa shape index (κ3) is 5.00. The second kappa shape index (κ2) is 7.55. The summed E-state index contributed by atoms with van der Waals surface area (Å²) in [6.07, 6.45) is -0.431. The van der Waals surface area contributed by atoms with Crippen LogP contribution in [0.3, 0.4) is 0 Å². The Bertz CT molecular complexity index is 566. The van der Waals surface area contributed by atoms with Crippen LogP contribution >= 0.6 is 0 Å². The molecule has 1 atom stereocenters. The van der Waals surface area contributed by atoms with Crippen LogP contribution in [0.2, 0.25) is 0 Å². The van der Waals surface area contributed by atoms with Crippen LogP contribution in [0, 0.1) is 5.82 Å². The first kappa shape index (κ1) is 15.2. The van der Waals surface area contributed by atoms with E-state index >= 15 is 0 Å². The van der Waals surface area contributed by atoms with Crippen molar-refractivity contribution in [2.24, 2.45) is 0 Å². The Labute approximate surface area is 123 Å². The van der Waals surface area contributed by atoms with Crippen molar-refractivity contribution in [3.8, 4) is 0 Å². The molecule has 21 heavy (non-hydrogen) atoms. The Morgan fingerprint density at radius 3 is 2.38 bits per heavy atom. The number of carbonyl (C=O) groups is 1. The van der Waals surface area contributed by atoms with Gasteiger partial charge >= 0.3 is 5.97 Å². The maximum absolute atomic E-state index is 12.8. The molecule has 0 aliphatic heterocycles. The van der Waals surface area contributed by atoms with E-state index in [1.807, 2.05) is 30.3 Å². The van der Waals surface area contributed by atoms with Crippen molar-refractivity contribution in [2.75, 3.05) is 0 Å². The molecule has 2 aromatic rings. The van der Waals surface area contributed by atoms with Crippen molar-refractivity contribution in [3.63, 3.8) is 0 Å². The van der Waals surface area contributed by atoms with E-state index in [1.165, 1.54) is 12.1 Å². The van der Waals surface area contributed by atoms with E-state index in [0.29, 0.717) is 6.42 Å². The molecular weight excluding hydrogens is 271 g/mol. The van der Waals surface area contributed by atoms with Gasteiger partial charge in [-0.25, -0.2) is 9.18 Å². The number of benzene rings is 2. The molecule has 0 heterocycles. The van der Waals surface area contributed by atoms with Crippen LogP contribution in [-0.2, 0) is 22.6 Å². The van der Waals surface area contributed by atoms with Gasteiger partial charge in [-0.2, -0.15) is 0 Å². The van der Waals surface area contributed by atoms with Gasteiger partial charge < -0.3 is 9.84 Å². The summed E-state index contributed by atoms with van der Waals surface area (Å²) < 4.78 is 17.8. The van der Waals surface area contributed by atoms with Gasteiger partial charge in [0, 0.05) is 0 Å². The van der Waals surface area contributed by atoms with E-state index < -0.39 is 12.1 Å². The number of halogens is 1. The Hall–Kier alpha value is -2.20. The summed E-state index contributed by atoms with van der Waals surface area (Å²) >= 11 is 0. The van der Waals surface area contributed by atoms with Gasteiger partial charge in [0.15, 0.2) is 6.10 Å². The molecule has 0 radical (unpaired) electrons. The lowest BCUT2D eigenvalue weighted by Crippen LogP contribution is -2.23. The Morgan fingerprint density at radius 2 is 1.71 bits per heavy atom. The molecule has 0 fully saturated rings. The monoisotopic (exact) mass is 288 g/mol. The molecule has 0 spiro atoms. The molecule has 4 heteroatoms. The normalized spacial score (nSPS) is 11.9. The Balaban J connectivity index is 1.76. The maximum atomic E-state index is 12.8. The fourth-order valence-electron chi connectivity index (χ4n) is 1.90. The second-order valence-electron chi connectivity index (χ2n) is 4.77. The SMILES string of the molecule is O=C(OCc1ccccc1)[C@H](O)CCc1ccc(F)cc1. The van der Waals surface area contributed by atoms with Crippen LogP contribution in [0.25, 0.3) is 0 Å². The minimum absolute atomic E-state index is 0.146. The van der Waals surface area contributed by atoms with Gasteiger partial charge in [0.2, 0.25) is 0 Å². The van der Waals surface area contributed by atoms with Crippen LogP contribution < -0.4 is 0 Å². The van der Waals surface area contributed by atoms with E-state index in [1.54, 1.807) is 12.1 Å². The molecule has 1 N–H and O–H groups in total. The van der Waals surface area contributed by atoms with Gasteiger partial charge in [0.05, 0.1) is 0 Å². The van der Waals surface area contributed by atoms with Gasteiger partial charge in [-0.15, -0.1) is 0 Å². The van der Waals surface area contributed by atoms with E-state index in [4.69, 9.17) is 4.74 Å². The smallest absolute Gasteiger partial charge is 0.335 e. The molecule has 0 amide bonds. The number of aryl methyl sites for hydroxylation is 1. The maximum Gasteiger partial charge on any atom is 0.335 e. The molecule has 0 aliphatic rings. The highest BCUT2D eigenvalue weighted by molar-refractivity contribution is 5.74. The van der Waals surface area contributed by atoms with Crippen molar-refractivity contribution in [3.05, 3.63) is 71.5 Å². The molecule has 2 aromatic carbocycles. The van der Waals surface area contributed by atoms with Gasteiger partial charge in [0.1, 0.15) is 12.4 Å². The number of hydrogen-bond acceptors (Lipinski definition) is 3. The van der Waals surface area contributed by atoms with Crippen LogP contribution in [0.15, 0.2) is 54.6 Å². The first-order valence-corrected chi connectivity index (χ1v) is 6.78. The van der Waals surface area contributed by atoms with Gasteiger partial charge in [0.25, 0.3) is 0 Å². The van der Waals surface area contributed by atoms with Crippen LogP contribution in [-0.4, -0.2) is 17.2 Å². The first-order valence-electron chi connectivity index (χ1n) is 6.78. The van der Waals surface area contributed by atoms with Gasteiger partial charge in [-0.05, 0) is 36.1 Å². The van der Waals surface area contributed by atoms with Gasteiger partial charge in [-0.3, -0.25) is 0 Å². The van der Waals surface area contributed by atoms with E-state index in [0.717, 1.165) is 11.1 Å². The highest BCUT2D eigenvalue weighted by Crippen LogP contribution is 2.09. The minimum atomic E-state index is -1.17. The van der Waals surface area contributed by atoms with Crippen molar-refractivity contribution in [1.29, 1.82) is 0 Å². The molecule has 0 bridgehead atoms. The second-order valence-corrected chi connectivity index (χ2v) is 4.77. The zero-order chi connectivity index (χ0) is 15.1. The number of hydrogen-bond donors (Lipinski definition) is 1. The van der Waals surface area contributed by atoms with Crippen LogP contribution in [0.5, 0.6) is 0 Å². The van der Waals surface area contributed by atoms with Gasteiger partial charge in [-0.1, -0.05) is 42.5 Å². The summed E-state index contributed by atoms with van der Waals surface area (Å²) in [6.45, 7) is 0.146. The molecule has 0 unspecified atom stereocenters. The van der Waals surface area contributed by atoms with Crippen LogP contribution in [0.4, 0.5) is 4.39 Å². The minimum Gasteiger partial charge on any atom is -0.459 e. The highest BCUT2D eigenvalue weighted by Gasteiger charge is 2.16. The van der Waals surface area contributed by atoms with E-state index in [9.17, 15) is 14.3 Å². The zero-order valence-electron chi connectivity index (χ0n) is 11.5. The number of carbonyl (C=O) groups excluding carboxylic acids is 1. The molecule has 0 aromatic heterocycles. The van der Waals surface area contributed by atoms with Crippen molar-refractivity contribution >= 4 is 5.97 Å². The first-order chi connectivity index (χ1) is 10.1. The third-order valence-corrected chi connectivity index (χ3v) is 3.12. The fraction of sp³-hybridized carbons (Fsp3) is 0.235. The van der Waals surface area contributed by atoms with Crippen molar-refractivity contribution < 1.29 is 19.0 Å².